The van der Waals surface area contributed by atoms with Gasteiger partial charge in [0.05, 0.1) is 11.6 Å². The summed E-state index contributed by atoms with van der Waals surface area (Å²) in [5.41, 5.74) is 0.367. The van der Waals surface area contributed by atoms with E-state index < -0.39 is 11.9 Å². The van der Waals surface area contributed by atoms with Crippen molar-refractivity contribution < 1.29 is 14.3 Å². The number of carbonyl (C=O) groups is 2. The van der Waals surface area contributed by atoms with Gasteiger partial charge in [0.25, 0.3) is 0 Å². The molecule has 0 aliphatic rings. The lowest BCUT2D eigenvalue weighted by Gasteiger charge is -2.18. The fourth-order valence-corrected chi connectivity index (χ4v) is 1.97. The Morgan fingerprint density at radius 2 is 1.89 bits per heavy atom. The average Bonchev–Trinajstić information content (AvgIpc) is 2.29. The summed E-state index contributed by atoms with van der Waals surface area (Å²) in [6.07, 6.45) is 0. The zero-order chi connectivity index (χ0) is 13.7. The van der Waals surface area contributed by atoms with Crippen molar-refractivity contribution in [1.29, 1.82) is 0 Å². The Kier molecular flexibility index (Phi) is 5.35. The number of esters is 1. The van der Waals surface area contributed by atoms with Crippen molar-refractivity contribution in [1.82, 2.24) is 0 Å². The van der Waals surface area contributed by atoms with Gasteiger partial charge < -0.3 is 4.74 Å². The van der Waals surface area contributed by atoms with Crippen LogP contribution in [0.1, 0.15) is 31.1 Å². The van der Waals surface area contributed by atoms with E-state index in [0.29, 0.717) is 10.6 Å². The minimum atomic E-state index is -0.801. The minimum absolute atomic E-state index is 0.132. The van der Waals surface area contributed by atoms with Gasteiger partial charge in [-0.05, 0) is 25.0 Å². The summed E-state index contributed by atoms with van der Waals surface area (Å²) in [4.78, 5) is 24.2. The molecule has 0 radical (unpaired) electrons. The van der Waals surface area contributed by atoms with Crippen LogP contribution in [0.15, 0.2) is 24.3 Å². The van der Waals surface area contributed by atoms with Gasteiger partial charge in [0.1, 0.15) is 5.92 Å². The third-order valence-electron chi connectivity index (χ3n) is 2.63. The summed E-state index contributed by atoms with van der Waals surface area (Å²) in [6.45, 7) is 5.61. The Labute approximate surface area is 112 Å². The van der Waals surface area contributed by atoms with Gasteiger partial charge in [-0.1, -0.05) is 37.6 Å². The number of hydrogen-bond acceptors (Lipinski definition) is 3. The van der Waals surface area contributed by atoms with E-state index in [1.165, 1.54) is 0 Å². The number of benzene rings is 1. The van der Waals surface area contributed by atoms with Crippen LogP contribution >= 0.6 is 11.6 Å². The molecule has 0 bridgehead atoms. The zero-order valence-electron chi connectivity index (χ0n) is 10.8. The van der Waals surface area contributed by atoms with Crippen LogP contribution in [-0.2, 0) is 9.53 Å². The van der Waals surface area contributed by atoms with Gasteiger partial charge in [0, 0.05) is 5.56 Å². The Morgan fingerprint density at radius 1 is 1.28 bits per heavy atom. The number of ketones is 1. The average molecular weight is 269 g/mol. The van der Waals surface area contributed by atoms with Crippen molar-refractivity contribution in [2.24, 2.45) is 11.8 Å². The molecule has 0 aromatic heterocycles. The molecule has 0 heterocycles. The second-order valence-corrected chi connectivity index (χ2v) is 4.73. The molecule has 1 atom stereocenters. The van der Waals surface area contributed by atoms with Gasteiger partial charge in [-0.3, -0.25) is 9.59 Å². The fraction of sp³-hybridized carbons (Fsp3) is 0.429. The number of halogens is 1. The third-order valence-corrected chi connectivity index (χ3v) is 2.96. The summed E-state index contributed by atoms with van der Waals surface area (Å²) >= 11 is 5.98. The molecule has 4 heteroatoms. The molecule has 1 aromatic rings. The summed E-state index contributed by atoms with van der Waals surface area (Å²) in [6, 6.07) is 6.73. The van der Waals surface area contributed by atoms with Crippen LogP contribution in [0.2, 0.25) is 5.02 Å². The molecule has 18 heavy (non-hydrogen) atoms. The normalized spacial score (nSPS) is 12.3. The summed E-state index contributed by atoms with van der Waals surface area (Å²) in [5, 5.41) is 0.359. The summed E-state index contributed by atoms with van der Waals surface area (Å²) < 4.78 is 4.94. The Bertz CT molecular complexity index is 440. The maximum Gasteiger partial charge on any atom is 0.317 e. The molecule has 0 spiro atoms. The van der Waals surface area contributed by atoms with Crippen LogP contribution in [0, 0.1) is 11.8 Å². The largest absolute Gasteiger partial charge is 0.465 e. The van der Waals surface area contributed by atoms with Crippen LogP contribution in [0.25, 0.3) is 0 Å². The highest BCUT2D eigenvalue weighted by atomic mass is 35.5. The van der Waals surface area contributed by atoms with Crippen LogP contribution in [0.3, 0.4) is 0 Å². The second kappa shape index (κ2) is 6.55. The lowest BCUT2D eigenvalue weighted by atomic mass is 9.88. The van der Waals surface area contributed by atoms with Crippen molar-refractivity contribution in [2.75, 3.05) is 6.61 Å². The van der Waals surface area contributed by atoms with Crippen molar-refractivity contribution >= 4 is 23.4 Å². The first-order valence-corrected chi connectivity index (χ1v) is 6.32. The van der Waals surface area contributed by atoms with Crippen LogP contribution < -0.4 is 0 Å². The summed E-state index contributed by atoms with van der Waals surface area (Å²) in [5.74, 6) is -1.70. The molecule has 98 valence electrons. The highest BCUT2D eigenvalue weighted by Gasteiger charge is 2.32. The fourth-order valence-electron chi connectivity index (χ4n) is 1.74. The van der Waals surface area contributed by atoms with Gasteiger partial charge >= 0.3 is 5.97 Å². The van der Waals surface area contributed by atoms with Crippen LogP contribution in [0.4, 0.5) is 0 Å². The van der Waals surface area contributed by atoms with Crippen molar-refractivity contribution in [3.63, 3.8) is 0 Å². The minimum Gasteiger partial charge on any atom is -0.465 e. The number of Topliss-reactive ketones (excluding diaryl/α,β-unsaturated/α-hetero) is 1. The Balaban J connectivity index is 3.04. The maximum absolute atomic E-state index is 12.3. The zero-order valence-corrected chi connectivity index (χ0v) is 11.5. The highest BCUT2D eigenvalue weighted by Crippen LogP contribution is 2.24. The molecule has 0 saturated carbocycles. The molecule has 1 aromatic carbocycles. The number of carbonyl (C=O) groups excluding carboxylic acids is 2. The SMILES string of the molecule is CCOC(=O)C(C(=O)c1ccccc1Cl)C(C)C. The molecule has 0 fully saturated rings. The van der Waals surface area contributed by atoms with Gasteiger partial charge in [0.2, 0.25) is 0 Å². The van der Waals surface area contributed by atoms with E-state index in [1.807, 2.05) is 13.8 Å². The molecule has 0 aliphatic heterocycles. The van der Waals surface area contributed by atoms with Crippen LogP contribution in [0.5, 0.6) is 0 Å². The van der Waals surface area contributed by atoms with Crippen molar-refractivity contribution in [2.45, 2.75) is 20.8 Å². The Morgan fingerprint density at radius 3 is 2.39 bits per heavy atom. The van der Waals surface area contributed by atoms with Crippen molar-refractivity contribution in [3.8, 4) is 0 Å². The molecule has 1 rings (SSSR count). The predicted molar refractivity (Wildman–Crippen MR) is 70.7 cm³/mol. The highest BCUT2D eigenvalue weighted by molar-refractivity contribution is 6.34. The smallest absolute Gasteiger partial charge is 0.317 e. The maximum atomic E-state index is 12.3. The number of hydrogen-bond donors (Lipinski definition) is 0. The third kappa shape index (κ3) is 3.33. The van der Waals surface area contributed by atoms with E-state index in [9.17, 15) is 9.59 Å². The lowest BCUT2D eigenvalue weighted by molar-refractivity contribution is -0.147. The van der Waals surface area contributed by atoms with Crippen LogP contribution in [-0.4, -0.2) is 18.4 Å². The molecule has 0 amide bonds. The first kappa shape index (κ1) is 14.7. The van der Waals surface area contributed by atoms with E-state index in [-0.39, 0.29) is 18.3 Å². The molecular formula is C14H17ClO3. The number of rotatable bonds is 5. The molecule has 1 unspecified atom stereocenters. The first-order valence-electron chi connectivity index (χ1n) is 5.94. The topological polar surface area (TPSA) is 43.4 Å². The monoisotopic (exact) mass is 268 g/mol. The van der Waals surface area contributed by atoms with Gasteiger partial charge in [-0.15, -0.1) is 0 Å². The quantitative estimate of drug-likeness (QED) is 0.467. The molecule has 0 saturated heterocycles. The van der Waals surface area contributed by atoms with E-state index in [1.54, 1.807) is 31.2 Å². The van der Waals surface area contributed by atoms with E-state index in [2.05, 4.69) is 0 Å². The van der Waals surface area contributed by atoms with Gasteiger partial charge in [-0.2, -0.15) is 0 Å². The predicted octanol–water partition coefficient (Wildman–Crippen LogP) is 3.36. The van der Waals surface area contributed by atoms with E-state index >= 15 is 0 Å². The van der Waals surface area contributed by atoms with Gasteiger partial charge in [-0.25, -0.2) is 0 Å². The molecule has 0 N–H and O–H groups in total. The Hall–Kier alpha value is -1.35. The molecular weight excluding hydrogens is 252 g/mol. The standard InChI is InChI=1S/C14H17ClO3/c1-4-18-14(17)12(9(2)3)13(16)10-7-5-6-8-11(10)15/h5-9,12H,4H2,1-3H3. The lowest BCUT2D eigenvalue weighted by Crippen LogP contribution is -2.31. The molecule has 0 aliphatic carbocycles. The van der Waals surface area contributed by atoms with E-state index in [4.69, 9.17) is 16.3 Å². The second-order valence-electron chi connectivity index (χ2n) is 4.32. The first-order chi connectivity index (χ1) is 8.49. The number of ether oxygens (including phenoxy) is 1. The van der Waals surface area contributed by atoms with Gasteiger partial charge in [0.15, 0.2) is 5.78 Å². The van der Waals surface area contributed by atoms with Crippen molar-refractivity contribution in [3.05, 3.63) is 34.9 Å². The summed E-state index contributed by atoms with van der Waals surface area (Å²) in [7, 11) is 0. The van der Waals surface area contributed by atoms with E-state index in [0.717, 1.165) is 0 Å². The molecule has 3 nitrogen and oxygen atoms in total.